The molecule has 0 saturated carbocycles. The molecule has 1 heterocycles. The Labute approximate surface area is 152 Å². The first-order valence-corrected chi connectivity index (χ1v) is 9.01. The molecular weight excluding hydrogens is 339 g/mol. The summed E-state index contributed by atoms with van der Waals surface area (Å²) in [5, 5.41) is 3.58. The van der Waals surface area contributed by atoms with Gasteiger partial charge in [0.25, 0.3) is 0 Å². The van der Waals surface area contributed by atoms with E-state index in [0.717, 1.165) is 37.5 Å². The number of hydrogen-bond acceptors (Lipinski definition) is 2. The SMILES string of the molecule is O=C(CCN1CCC(c2ccc(Cl)cc2)CC1)Nc1ccc(F)cc1. The summed E-state index contributed by atoms with van der Waals surface area (Å²) in [7, 11) is 0. The minimum absolute atomic E-state index is 0.0357. The summed E-state index contributed by atoms with van der Waals surface area (Å²) < 4.78 is 12.9. The Kier molecular flexibility index (Phi) is 6.05. The highest BCUT2D eigenvalue weighted by Gasteiger charge is 2.20. The van der Waals surface area contributed by atoms with E-state index in [2.05, 4.69) is 22.3 Å². The summed E-state index contributed by atoms with van der Waals surface area (Å²) in [6.07, 6.45) is 2.64. The normalized spacial score (nSPS) is 15.9. The number of piperidine rings is 1. The van der Waals surface area contributed by atoms with Crippen LogP contribution in [0.15, 0.2) is 48.5 Å². The second kappa shape index (κ2) is 8.45. The van der Waals surface area contributed by atoms with Gasteiger partial charge in [0.15, 0.2) is 0 Å². The van der Waals surface area contributed by atoms with Crippen LogP contribution in [-0.2, 0) is 4.79 Å². The number of anilines is 1. The molecule has 25 heavy (non-hydrogen) atoms. The fraction of sp³-hybridized carbons (Fsp3) is 0.350. The number of hydrogen-bond donors (Lipinski definition) is 1. The molecule has 0 radical (unpaired) electrons. The zero-order valence-electron chi connectivity index (χ0n) is 14.1. The number of carbonyl (C=O) groups is 1. The number of likely N-dealkylation sites (tertiary alicyclic amines) is 1. The van der Waals surface area contributed by atoms with Gasteiger partial charge in [0.1, 0.15) is 5.82 Å². The van der Waals surface area contributed by atoms with Crippen molar-refractivity contribution in [2.24, 2.45) is 0 Å². The van der Waals surface area contributed by atoms with E-state index in [0.29, 0.717) is 18.0 Å². The predicted octanol–water partition coefficient (Wildman–Crippen LogP) is 4.69. The first-order chi connectivity index (χ1) is 12.1. The molecule has 0 spiro atoms. The summed E-state index contributed by atoms with van der Waals surface area (Å²) in [6, 6.07) is 14.0. The topological polar surface area (TPSA) is 32.3 Å². The van der Waals surface area contributed by atoms with Crippen molar-refractivity contribution in [2.45, 2.75) is 25.2 Å². The van der Waals surface area contributed by atoms with Crippen molar-refractivity contribution < 1.29 is 9.18 Å². The van der Waals surface area contributed by atoms with E-state index < -0.39 is 0 Å². The molecule has 0 bridgehead atoms. The van der Waals surface area contributed by atoms with Crippen molar-refractivity contribution in [1.82, 2.24) is 4.90 Å². The van der Waals surface area contributed by atoms with Crippen LogP contribution in [0.4, 0.5) is 10.1 Å². The Morgan fingerprint density at radius 2 is 1.72 bits per heavy atom. The summed E-state index contributed by atoms with van der Waals surface area (Å²) in [5.74, 6) is 0.231. The van der Waals surface area contributed by atoms with Crippen LogP contribution in [0.2, 0.25) is 5.02 Å². The van der Waals surface area contributed by atoms with Crippen LogP contribution in [0.25, 0.3) is 0 Å². The molecule has 5 heteroatoms. The summed E-state index contributed by atoms with van der Waals surface area (Å²) in [5.41, 5.74) is 1.98. The van der Waals surface area contributed by atoms with E-state index in [9.17, 15) is 9.18 Å². The van der Waals surface area contributed by atoms with Crippen molar-refractivity contribution in [1.29, 1.82) is 0 Å². The van der Waals surface area contributed by atoms with Gasteiger partial charge in [0, 0.05) is 23.7 Å². The lowest BCUT2D eigenvalue weighted by atomic mass is 9.89. The standard InChI is InChI=1S/C20H22ClFN2O/c21-17-3-1-15(2-4-17)16-9-12-24(13-10-16)14-11-20(25)23-19-7-5-18(22)6-8-19/h1-8,16H,9-14H2,(H,23,25). The van der Waals surface area contributed by atoms with Gasteiger partial charge >= 0.3 is 0 Å². The van der Waals surface area contributed by atoms with E-state index in [1.165, 1.54) is 17.7 Å². The largest absolute Gasteiger partial charge is 0.326 e. The number of amides is 1. The molecule has 1 N–H and O–H groups in total. The highest BCUT2D eigenvalue weighted by Crippen LogP contribution is 2.28. The molecular formula is C20H22ClFN2O. The maximum atomic E-state index is 12.9. The zero-order valence-corrected chi connectivity index (χ0v) is 14.8. The minimum atomic E-state index is -0.304. The molecule has 1 aliphatic rings. The van der Waals surface area contributed by atoms with E-state index in [-0.39, 0.29) is 11.7 Å². The number of rotatable bonds is 5. The van der Waals surface area contributed by atoms with Gasteiger partial charge < -0.3 is 10.2 Å². The molecule has 3 nitrogen and oxygen atoms in total. The molecule has 132 valence electrons. The minimum Gasteiger partial charge on any atom is -0.326 e. The fourth-order valence-corrected chi connectivity index (χ4v) is 3.37. The summed E-state index contributed by atoms with van der Waals surface area (Å²) in [4.78, 5) is 14.3. The third-order valence-electron chi connectivity index (χ3n) is 4.71. The van der Waals surface area contributed by atoms with E-state index in [4.69, 9.17) is 11.6 Å². The quantitative estimate of drug-likeness (QED) is 0.839. The number of nitrogens with zero attached hydrogens (tertiary/aromatic N) is 1. The molecule has 1 amide bonds. The van der Waals surface area contributed by atoms with Crippen LogP contribution in [0.1, 0.15) is 30.7 Å². The molecule has 0 aliphatic carbocycles. The molecule has 1 aliphatic heterocycles. The van der Waals surface area contributed by atoms with E-state index >= 15 is 0 Å². The van der Waals surface area contributed by atoms with Crippen molar-refractivity contribution in [2.75, 3.05) is 25.0 Å². The summed E-state index contributed by atoms with van der Waals surface area (Å²) in [6.45, 7) is 2.74. The van der Waals surface area contributed by atoms with Gasteiger partial charge in [-0.3, -0.25) is 4.79 Å². The molecule has 0 aromatic heterocycles. The van der Waals surface area contributed by atoms with Gasteiger partial charge in [-0.05, 0) is 73.8 Å². The monoisotopic (exact) mass is 360 g/mol. The Balaban J connectivity index is 1.40. The maximum Gasteiger partial charge on any atom is 0.225 e. The van der Waals surface area contributed by atoms with Crippen LogP contribution in [0.3, 0.4) is 0 Å². The highest BCUT2D eigenvalue weighted by molar-refractivity contribution is 6.30. The summed E-state index contributed by atoms with van der Waals surface area (Å²) >= 11 is 5.95. The molecule has 0 unspecified atom stereocenters. The van der Waals surface area contributed by atoms with Gasteiger partial charge in [-0.15, -0.1) is 0 Å². The fourth-order valence-electron chi connectivity index (χ4n) is 3.24. The first-order valence-electron chi connectivity index (χ1n) is 8.63. The number of nitrogens with one attached hydrogen (secondary N) is 1. The molecule has 2 aromatic rings. The average Bonchev–Trinajstić information content (AvgIpc) is 2.63. The lowest BCUT2D eigenvalue weighted by molar-refractivity contribution is -0.116. The average molecular weight is 361 g/mol. The van der Waals surface area contributed by atoms with Crippen molar-refractivity contribution >= 4 is 23.2 Å². The van der Waals surface area contributed by atoms with Crippen LogP contribution >= 0.6 is 11.6 Å². The van der Waals surface area contributed by atoms with Crippen molar-refractivity contribution in [3.05, 3.63) is 64.9 Å². The highest BCUT2D eigenvalue weighted by atomic mass is 35.5. The molecule has 1 fully saturated rings. The van der Waals surface area contributed by atoms with Crippen molar-refractivity contribution in [3.63, 3.8) is 0 Å². The molecule has 0 atom stereocenters. The van der Waals surface area contributed by atoms with Gasteiger partial charge in [-0.25, -0.2) is 4.39 Å². The second-order valence-corrected chi connectivity index (χ2v) is 6.91. The number of halogens is 2. The van der Waals surface area contributed by atoms with Crippen molar-refractivity contribution in [3.8, 4) is 0 Å². The van der Waals surface area contributed by atoms with Gasteiger partial charge in [-0.2, -0.15) is 0 Å². The predicted molar refractivity (Wildman–Crippen MR) is 99.5 cm³/mol. The van der Waals surface area contributed by atoms with Crippen LogP contribution in [0.5, 0.6) is 0 Å². The lowest BCUT2D eigenvalue weighted by Crippen LogP contribution is -2.35. The smallest absolute Gasteiger partial charge is 0.225 e. The third kappa shape index (κ3) is 5.28. The Morgan fingerprint density at radius 1 is 1.08 bits per heavy atom. The van der Waals surface area contributed by atoms with E-state index in [1.54, 1.807) is 12.1 Å². The van der Waals surface area contributed by atoms with Crippen LogP contribution in [-0.4, -0.2) is 30.4 Å². The van der Waals surface area contributed by atoms with Crippen LogP contribution < -0.4 is 5.32 Å². The maximum absolute atomic E-state index is 12.9. The van der Waals surface area contributed by atoms with Gasteiger partial charge in [0.05, 0.1) is 0 Å². The third-order valence-corrected chi connectivity index (χ3v) is 4.96. The zero-order chi connectivity index (χ0) is 17.6. The van der Waals surface area contributed by atoms with Crippen LogP contribution in [0, 0.1) is 5.82 Å². The van der Waals surface area contributed by atoms with Gasteiger partial charge in [-0.1, -0.05) is 23.7 Å². The first kappa shape index (κ1) is 17.9. The Bertz CT molecular complexity index is 695. The van der Waals surface area contributed by atoms with Gasteiger partial charge in [0.2, 0.25) is 5.91 Å². The van der Waals surface area contributed by atoms with E-state index in [1.807, 2.05) is 12.1 Å². The Morgan fingerprint density at radius 3 is 2.36 bits per heavy atom. The molecule has 2 aromatic carbocycles. The number of carbonyl (C=O) groups excluding carboxylic acids is 1. The second-order valence-electron chi connectivity index (χ2n) is 6.47. The lowest BCUT2D eigenvalue weighted by Gasteiger charge is -2.32. The molecule has 3 rings (SSSR count). The number of benzene rings is 2. The molecule has 1 saturated heterocycles. The Hall–Kier alpha value is -1.91.